The maximum absolute atomic E-state index is 4.03. The number of nitrogens with one attached hydrogen (secondary N) is 1. The first-order chi connectivity index (χ1) is 4.89. The second kappa shape index (κ2) is 3.61. The zero-order valence-corrected chi connectivity index (χ0v) is 5.78. The summed E-state index contributed by atoms with van der Waals surface area (Å²) in [5, 5.41) is 0. The van der Waals surface area contributed by atoms with Crippen LogP contribution in [0, 0.1) is 6.92 Å². The molecule has 0 aromatic carbocycles. The Kier molecular flexibility index (Phi) is 2.43. The Bertz CT molecular complexity index is 216. The molecule has 1 N–H and O–H groups in total. The van der Waals surface area contributed by atoms with Gasteiger partial charge in [-0.15, -0.1) is 0 Å². The molecule has 0 fully saturated rings. The first-order valence-electron chi connectivity index (χ1n) is 3.04. The Balaban J connectivity index is 3.13. The fraction of sp³-hybridized carbons (Fsp3) is 0.143. The van der Waals surface area contributed by atoms with Crippen LogP contribution in [0.3, 0.4) is 0 Å². The number of H-pyrrole nitrogens is 1. The van der Waals surface area contributed by atoms with Crippen LogP contribution < -0.4 is 0 Å². The minimum atomic E-state index is 0.859. The average molecular weight is 135 g/mol. The van der Waals surface area contributed by atoms with Gasteiger partial charge in [0.15, 0.2) is 0 Å². The molecule has 1 heterocycles. The lowest BCUT2D eigenvalue weighted by molar-refractivity contribution is 1.08. The highest BCUT2D eigenvalue weighted by Crippen LogP contribution is 1.76. The third kappa shape index (κ3) is 2.26. The molecule has 0 atom stereocenters. The van der Waals surface area contributed by atoms with Gasteiger partial charge in [0.25, 0.3) is 0 Å². The molecule has 0 aliphatic heterocycles. The van der Waals surface area contributed by atoms with Crippen molar-refractivity contribution in [3.63, 3.8) is 0 Å². The van der Waals surface area contributed by atoms with Crippen LogP contribution in [-0.2, 0) is 0 Å². The zero-order valence-electron chi connectivity index (χ0n) is 5.78. The molecule has 1 rings (SSSR count). The van der Waals surface area contributed by atoms with Crippen molar-refractivity contribution in [2.75, 3.05) is 0 Å². The molecule has 0 amide bonds. The second-order valence-corrected chi connectivity index (χ2v) is 1.81. The molecule has 0 bridgehead atoms. The van der Waals surface area contributed by atoms with Gasteiger partial charge in [0.1, 0.15) is 5.82 Å². The number of aryl methyl sites for hydroxylation is 1. The van der Waals surface area contributed by atoms with Crippen molar-refractivity contribution in [3.05, 3.63) is 36.7 Å². The predicted octanol–water partition coefficient (Wildman–Crippen LogP) is 1.24. The monoisotopic (exact) mass is 135 g/mol. The topological polar surface area (TPSA) is 41.6 Å². The van der Waals surface area contributed by atoms with Crippen LogP contribution in [0.1, 0.15) is 5.82 Å². The lowest BCUT2D eigenvalue weighted by Gasteiger charge is -1.79. The second-order valence-electron chi connectivity index (χ2n) is 1.81. The van der Waals surface area contributed by atoms with Crippen molar-refractivity contribution in [1.82, 2.24) is 15.0 Å². The Morgan fingerprint density at radius 3 is 3.10 bits per heavy atom. The molecule has 3 heteroatoms. The molecule has 52 valence electrons. The van der Waals surface area contributed by atoms with Gasteiger partial charge in [-0.25, -0.2) is 4.98 Å². The summed E-state index contributed by atoms with van der Waals surface area (Å²) in [5.74, 6) is 0.859. The molecule has 0 saturated carbocycles. The van der Waals surface area contributed by atoms with E-state index in [2.05, 4.69) is 15.0 Å². The van der Waals surface area contributed by atoms with Crippen LogP contribution >= 0.6 is 0 Å². The Hall–Kier alpha value is -1.38. The Labute approximate surface area is 59.5 Å². The van der Waals surface area contributed by atoms with Crippen molar-refractivity contribution >= 4 is 0 Å². The van der Waals surface area contributed by atoms with Gasteiger partial charge in [-0.2, -0.15) is 0 Å². The lowest BCUT2D eigenvalue weighted by atomic mass is 10.7. The first-order valence-corrected chi connectivity index (χ1v) is 3.04. The summed E-state index contributed by atoms with van der Waals surface area (Å²) >= 11 is 0. The third-order valence-electron chi connectivity index (χ3n) is 0.979. The van der Waals surface area contributed by atoms with Crippen LogP contribution in [0.15, 0.2) is 30.9 Å². The van der Waals surface area contributed by atoms with Crippen LogP contribution in [0.25, 0.3) is 0 Å². The quantitative estimate of drug-likeness (QED) is 0.581. The van der Waals surface area contributed by atoms with Gasteiger partial charge in [-0.05, 0) is 13.0 Å². The van der Waals surface area contributed by atoms with E-state index in [1.165, 1.54) is 0 Å². The molecule has 0 radical (unpaired) electrons. The highest BCUT2D eigenvalue weighted by atomic mass is 14.8. The molecule has 0 spiro atoms. The van der Waals surface area contributed by atoms with E-state index < -0.39 is 0 Å². The number of aromatic amines is 1. The highest BCUT2D eigenvalue weighted by molar-refractivity contribution is 4.81. The predicted molar refractivity (Wildman–Crippen MR) is 38.7 cm³/mol. The van der Waals surface area contributed by atoms with E-state index >= 15 is 0 Å². The van der Waals surface area contributed by atoms with Gasteiger partial charge in [0.2, 0.25) is 0 Å². The fourth-order valence-electron chi connectivity index (χ4n) is 0.531. The van der Waals surface area contributed by atoms with E-state index in [4.69, 9.17) is 0 Å². The first kappa shape index (κ1) is 6.74. The summed E-state index contributed by atoms with van der Waals surface area (Å²) in [7, 11) is 0. The van der Waals surface area contributed by atoms with Crippen molar-refractivity contribution < 1.29 is 0 Å². The molecule has 0 aliphatic rings. The van der Waals surface area contributed by atoms with Crippen molar-refractivity contribution in [2.45, 2.75) is 6.92 Å². The number of hydrogen-bond acceptors (Lipinski definition) is 2. The summed E-state index contributed by atoms with van der Waals surface area (Å²) in [6, 6.07) is 1.78. The van der Waals surface area contributed by atoms with E-state index in [0.29, 0.717) is 0 Å². The van der Waals surface area contributed by atoms with E-state index in [-0.39, 0.29) is 0 Å². The smallest absolute Gasteiger partial charge is 0.102 e. The summed E-state index contributed by atoms with van der Waals surface area (Å²) in [6.45, 7) is 1.89. The lowest BCUT2D eigenvalue weighted by Crippen LogP contribution is -1.75. The Morgan fingerprint density at radius 1 is 1.30 bits per heavy atom. The summed E-state index contributed by atoms with van der Waals surface area (Å²) in [4.78, 5) is 10.9. The normalized spacial score (nSPS) is 8.50. The molecule has 1 aromatic heterocycles. The number of aromatic nitrogens is 3. The van der Waals surface area contributed by atoms with Crippen molar-refractivity contribution in [3.8, 4) is 0 Å². The maximum Gasteiger partial charge on any atom is 0.102 e. The minimum Gasteiger partial charge on any atom is -0.349 e. The van der Waals surface area contributed by atoms with E-state index in [0.717, 1.165) is 5.82 Å². The highest BCUT2D eigenvalue weighted by Gasteiger charge is 1.70. The van der Waals surface area contributed by atoms with Gasteiger partial charge in [-0.1, -0.05) is 0 Å². The van der Waals surface area contributed by atoms with Crippen LogP contribution in [0.4, 0.5) is 0 Å². The molecule has 0 aliphatic carbocycles. The molecule has 0 saturated heterocycles. The standard InChI is InChI=1S/C7H9N3/c1-7-9-4-2-3-8-5-6-10-7/h2-6H,1H3,(H,9,10). The Morgan fingerprint density at radius 2 is 2.20 bits per heavy atom. The number of nitrogens with zero attached hydrogens (tertiary/aromatic N) is 2. The van der Waals surface area contributed by atoms with Gasteiger partial charge in [0, 0.05) is 24.8 Å². The van der Waals surface area contributed by atoms with E-state index in [9.17, 15) is 0 Å². The molecular formula is C7H9N3. The molecular weight excluding hydrogens is 126 g/mol. The summed E-state index contributed by atoms with van der Waals surface area (Å²) < 4.78 is 0. The van der Waals surface area contributed by atoms with Crippen molar-refractivity contribution in [1.29, 1.82) is 0 Å². The summed E-state index contributed by atoms with van der Waals surface area (Å²) in [5.41, 5.74) is 0. The third-order valence-corrected chi connectivity index (χ3v) is 0.979. The van der Waals surface area contributed by atoms with Gasteiger partial charge < -0.3 is 4.98 Å². The van der Waals surface area contributed by atoms with Crippen LogP contribution in [0.2, 0.25) is 0 Å². The SMILES string of the molecule is Cc1ncccncc[nH]1. The van der Waals surface area contributed by atoms with Gasteiger partial charge in [-0.3, -0.25) is 4.98 Å². The van der Waals surface area contributed by atoms with Crippen LogP contribution in [-0.4, -0.2) is 15.0 Å². The molecule has 0 unspecified atom stereocenters. The number of rotatable bonds is 0. The molecule has 10 heavy (non-hydrogen) atoms. The van der Waals surface area contributed by atoms with Crippen LogP contribution in [0.5, 0.6) is 0 Å². The number of hydrogen-bond donors (Lipinski definition) is 1. The fourth-order valence-corrected chi connectivity index (χ4v) is 0.531. The van der Waals surface area contributed by atoms with Gasteiger partial charge in [0.05, 0.1) is 0 Å². The maximum atomic E-state index is 4.03. The van der Waals surface area contributed by atoms with Crippen molar-refractivity contribution in [2.24, 2.45) is 0 Å². The zero-order chi connectivity index (χ0) is 7.23. The van der Waals surface area contributed by atoms with Gasteiger partial charge >= 0.3 is 0 Å². The summed E-state index contributed by atoms with van der Waals surface area (Å²) in [6.07, 6.45) is 6.79. The van der Waals surface area contributed by atoms with E-state index in [1.807, 2.05) is 6.92 Å². The van der Waals surface area contributed by atoms with E-state index in [1.54, 1.807) is 30.9 Å². The minimum absolute atomic E-state index is 0.859. The molecule has 1 aromatic rings. The largest absolute Gasteiger partial charge is 0.349 e. The molecule has 3 nitrogen and oxygen atoms in total. The average Bonchev–Trinajstić information content (AvgIpc) is 2.02.